The summed E-state index contributed by atoms with van der Waals surface area (Å²) < 4.78 is 17.0. The molecule has 0 atom stereocenters. The van der Waals surface area contributed by atoms with Gasteiger partial charge in [0.2, 0.25) is 5.90 Å². The maximum absolute atomic E-state index is 12.4. The van der Waals surface area contributed by atoms with Gasteiger partial charge in [-0.2, -0.15) is 0 Å². The second-order valence-corrected chi connectivity index (χ2v) is 7.76. The fraction of sp³-hybridized carbons (Fsp3) is 0.154. The first-order valence-electron chi connectivity index (χ1n) is 10.2. The molecule has 0 aliphatic carbocycles. The van der Waals surface area contributed by atoms with Crippen molar-refractivity contribution in [2.24, 2.45) is 4.99 Å². The molecule has 0 fully saturated rings. The van der Waals surface area contributed by atoms with E-state index in [0.717, 1.165) is 28.0 Å². The van der Waals surface area contributed by atoms with Crippen LogP contribution in [0, 0.1) is 13.8 Å². The number of carbonyl (C=O) groups is 1. The molecule has 1 heterocycles. The number of hydrogen-bond donors (Lipinski definition) is 0. The van der Waals surface area contributed by atoms with Crippen molar-refractivity contribution in [1.82, 2.24) is 0 Å². The number of halogens is 1. The Kier molecular flexibility index (Phi) is 6.57. The summed E-state index contributed by atoms with van der Waals surface area (Å²) in [6.45, 7) is 4.61. The smallest absolute Gasteiger partial charge is 0.363 e. The predicted molar refractivity (Wildman–Crippen MR) is 125 cm³/mol. The average Bonchev–Trinajstić information content (AvgIpc) is 3.16. The minimum Gasteiger partial charge on any atom is -0.490 e. The molecule has 0 aromatic heterocycles. The van der Waals surface area contributed by atoms with E-state index in [9.17, 15) is 4.79 Å². The first-order chi connectivity index (χ1) is 15.5. The van der Waals surface area contributed by atoms with E-state index >= 15 is 0 Å². The molecule has 4 rings (SSSR count). The molecule has 6 heteroatoms. The molecule has 0 saturated carbocycles. The van der Waals surface area contributed by atoms with E-state index in [1.165, 1.54) is 0 Å². The van der Waals surface area contributed by atoms with Gasteiger partial charge in [-0.05, 0) is 68.0 Å². The van der Waals surface area contributed by atoms with Crippen molar-refractivity contribution in [2.45, 2.75) is 13.8 Å². The average molecular weight is 448 g/mol. The molecule has 162 valence electrons. The maximum Gasteiger partial charge on any atom is 0.363 e. The fourth-order valence-electron chi connectivity index (χ4n) is 3.19. The summed E-state index contributed by atoms with van der Waals surface area (Å²) in [7, 11) is 0. The summed E-state index contributed by atoms with van der Waals surface area (Å²) in [4.78, 5) is 16.7. The number of hydrogen-bond acceptors (Lipinski definition) is 5. The molecule has 1 aliphatic rings. The van der Waals surface area contributed by atoms with E-state index in [1.54, 1.807) is 6.08 Å². The zero-order valence-corrected chi connectivity index (χ0v) is 18.6. The van der Waals surface area contributed by atoms with E-state index in [0.29, 0.717) is 29.9 Å². The van der Waals surface area contributed by atoms with Crippen LogP contribution >= 0.6 is 11.6 Å². The van der Waals surface area contributed by atoms with Gasteiger partial charge in [-0.3, -0.25) is 0 Å². The number of nitrogens with zero attached hydrogens (tertiary/aromatic N) is 1. The molecule has 32 heavy (non-hydrogen) atoms. The number of rotatable bonds is 7. The van der Waals surface area contributed by atoms with Crippen molar-refractivity contribution < 1.29 is 19.0 Å². The van der Waals surface area contributed by atoms with Crippen molar-refractivity contribution in [2.75, 3.05) is 13.2 Å². The first kappa shape index (κ1) is 21.7. The fourth-order valence-corrected chi connectivity index (χ4v) is 3.31. The van der Waals surface area contributed by atoms with Crippen molar-refractivity contribution in [3.8, 4) is 11.5 Å². The van der Waals surface area contributed by atoms with E-state index < -0.39 is 5.97 Å². The molecule has 0 radical (unpaired) electrons. The van der Waals surface area contributed by atoms with Crippen molar-refractivity contribution >= 4 is 29.5 Å². The van der Waals surface area contributed by atoms with Crippen LogP contribution < -0.4 is 9.47 Å². The number of esters is 1. The summed E-state index contributed by atoms with van der Waals surface area (Å²) in [6, 6.07) is 20.6. The van der Waals surface area contributed by atoms with E-state index in [-0.39, 0.29) is 5.70 Å². The number of aryl methyl sites for hydroxylation is 2. The van der Waals surface area contributed by atoms with Gasteiger partial charge in [0.25, 0.3) is 0 Å². The van der Waals surface area contributed by atoms with Gasteiger partial charge in [-0.25, -0.2) is 9.79 Å². The predicted octanol–water partition coefficient (Wildman–Crippen LogP) is 5.76. The van der Waals surface area contributed by atoms with E-state index in [1.807, 2.05) is 80.6 Å². The largest absolute Gasteiger partial charge is 0.490 e. The molecular formula is C26H22ClNO4. The molecule has 0 saturated heterocycles. The van der Waals surface area contributed by atoms with Gasteiger partial charge in [0.1, 0.15) is 24.7 Å². The zero-order chi connectivity index (χ0) is 22.5. The Labute approximate surface area is 191 Å². The highest BCUT2D eigenvalue weighted by Crippen LogP contribution is 2.26. The van der Waals surface area contributed by atoms with Gasteiger partial charge in [0, 0.05) is 16.1 Å². The van der Waals surface area contributed by atoms with Crippen LogP contribution in [0.4, 0.5) is 0 Å². The van der Waals surface area contributed by atoms with Crippen LogP contribution in [-0.4, -0.2) is 25.1 Å². The monoisotopic (exact) mass is 447 g/mol. The lowest BCUT2D eigenvalue weighted by Gasteiger charge is -2.12. The molecule has 5 nitrogen and oxygen atoms in total. The summed E-state index contributed by atoms with van der Waals surface area (Å²) in [5, 5.41) is 0.703. The van der Waals surface area contributed by atoms with Gasteiger partial charge in [-0.1, -0.05) is 41.4 Å². The SMILES string of the molecule is Cc1ccc(OCCOc2ccc(Cl)c(C)c2)c(C=C2N=C(c3ccccc3)OC2=O)c1. The van der Waals surface area contributed by atoms with Crippen LogP contribution in [0.25, 0.3) is 6.08 Å². The second-order valence-electron chi connectivity index (χ2n) is 7.35. The lowest BCUT2D eigenvalue weighted by molar-refractivity contribution is -0.129. The summed E-state index contributed by atoms with van der Waals surface area (Å²) >= 11 is 6.05. The number of carbonyl (C=O) groups excluding carboxylic acids is 1. The Hall–Kier alpha value is -3.57. The Morgan fingerprint density at radius 2 is 1.75 bits per heavy atom. The summed E-state index contributed by atoms with van der Waals surface area (Å²) in [5.41, 5.74) is 3.72. The second kappa shape index (κ2) is 9.71. The number of aliphatic imine (C=N–C) groups is 1. The van der Waals surface area contributed by atoms with Crippen LogP contribution in [0.5, 0.6) is 11.5 Å². The number of cyclic esters (lactones) is 1. The van der Waals surface area contributed by atoms with Crippen molar-refractivity contribution in [1.29, 1.82) is 0 Å². The van der Waals surface area contributed by atoms with Crippen LogP contribution in [-0.2, 0) is 9.53 Å². The zero-order valence-electron chi connectivity index (χ0n) is 17.8. The molecule has 0 amide bonds. The van der Waals surface area contributed by atoms with Crippen LogP contribution in [0.1, 0.15) is 22.3 Å². The lowest BCUT2D eigenvalue weighted by atomic mass is 10.1. The Morgan fingerprint density at radius 3 is 2.53 bits per heavy atom. The number of ether oxygens (including phenoxy) is 3. The molecule has 3 aromatic rings. The highest BCUT2D eigenvalue weighted by atomic mass is 35.5. The Morgan fingerprint density at radius 1 is 0.969 bits per heavy atom. The highest BCUT2D eigenvalue weighted by molar-refractivity contribution is 6.31. The number of benzene rings is 3. The molecule has 3 aromatic carbocycles. The third-order valence-corrected chi connectivity index (χ3v) is 5.26. The van der Waals surface area contributed by atoms with Gasteiger partial charge in [-0.15, -0.1) is 0 Å². The minimum absolute atomic E-state index is 0.229. The molecule has 0 bridgehead atoms. The van der Waals surface area contributed by atoms with Gasteiger partial charge >= 0.3 is 5.97 Å². The van der Waals surface area contributed by atoms with Crippen LogP contribution in [0.2, 0.25) is 5.02 Å². The molecule has 0 N–H and O–H groups in total. The normalized spacial score (nSPS) is 14.3. The minimum atomic E-state index is -0.488. The summed E-state index contributed by atoms with van der Waals surface area (Å²) in [5.74, 6) is 1.18. The van der Waals surface area contributed by atoms with Crippen LogP contribution in [0.15, 0.2) is 77.4 Å². The quantitative estimate of drug-likeness (QED) is 0.262. The first-order valence-corrected chi connectivity index (χ1v) is 10.6. The third kappa shape index (κ3) is 5.18. The Balaban J connectivity index is 1.46. The van der Waals surface area contributed by atoms with E-state index in [2.05, 4.69) is 4.99 Å². The summed E-state index contributed by atoms with van der Waals surface area (Å²) in [6.07, 6.45) is 1.68. The van der Waals surface area contributed by atoms with Gasteiger partial charge in [0.05, 0.1) is 0 Å². The lowest BCUT2D eigenvalue weighted by Crippen LogP contribution is -2.10. The van der Waals surface area contributed by atoms with Gasteiger partial charge < -0.3 is 14.2 Å². The third-order valence-electron chi connectivity index (χ3n) is 4.84. The highest BCUT2D eigenvalue weighted by Gasteiger charge is 2.24. The van der Waals surface area contributed by atoms with Crippen molar-refractivity contribution in [3.05, 3.63) is 99.7 Å². The van der Waals surface area contributed by atoms with Gasteiger partial charge in [0.15, 0.2) is 5.70 Å². The topological polar surface area (TPSA) is 57.1 Å². The Bertz CT molecular complexity index is 1200. The standard InChI is InChI=1S/C26H22ClNO4/c1-17-8-11-24(31-13-12-30-21-9-10-22(27)18(2)15-21)20(14-17)16-23-26(29)32-25(28-23)19-6-4-3-5-7-19/h3-11,14-16H,12-13H2,1-2H3. The molecular weight excluding hydrogens is 426 g/mol. The molecule has 1 aliphatic heterocycles. The van der Waals surface area contributed by atoms with Crippen LogP contribution in [0.3, 0.4) is 0 Å². The van der Waals surface area contributed by atoms with Crippen molar-refractivity contribution in [3.63, 3.8) is 0 Å². The van der Waals surface area contributed by atoms with E-state index in [4.69, 9.17) is 25.8 Å². The molecule has 0 spiro atoms. The maximum atomic E-state index is 12.4. The molecule has 0 unspecified atom stereocenters.